The zero-order valence-electron chi connectivity index (χ0n) is 21.4. The Morgan fingerprint density at radius 1 is 0.448 bits per heavy atom. The summed E-state index contributed by atoms with van der Waals surface area (Å²) < 4.78 is 0. The molecule has 2 aromatic carbocycles. The van der Waals surface area contributed by atoms with E-state index in [0.29, 0.717) is 0 Å². The van der Waals surface area contributed by atoms with Gasteiger partial charge in [-0.3, -0.25) is 0 Å². The molecule has 0 aliphatic heterocycles. The van der Waals surface area contributed by atoms with Crippen molar-refractivity contribution < 1.29 is 0 Å². The molecule has 0 N–H and O–H groups in total. The Hall–Kier alpha value is -2.12. The molecule has 0 aliphatic carbocycles. The van der Waals surface area contributed by atoms with Gasteiger partial charge in [0.1, 0.15) is 0 Å². The van der Waals surface area contributed by atoms with E-state index in [1.807, 2.05) is 154 Å². The lowest BCUT2D eigenvalue weighted by molar-refractivity contribution is 0.505. The molecule has 1 heteroatoms. The molecule has 0 amide bonds. The van der Waals surface area contributed by atoms with Crippen molar-refractivity contribution in [2.75, 3.05) is 21.1 Å². The molecule has 29 heavy (non-hydrogen) atoms. The average Bonchev–Trinajstić information content (AvgIpc) is 2.81. The van der Waals surface area contributed by atoms with Crippen LogP contribution in [0.3, 0.4) is 0 Å². The van der Waals surface area contributed by atoms with Crippen molar-refractivity contribution in [3.8, 4) is 0 Å². The molecule has 0 aromatic heterocycles. The van der Waals surface area contributed by atoms with Crippen LogP contribution in [-0.2, 0) is 0 Å². The lowest BCUT2D eigenvalue weighted by Crippen LogP contribution is -1.99. The molecule has 0 radical (unpaired) electrons. The highest BCUT2D eigenvalue weighted by Gasteiger charge is 1.61. The van der Waals surface area contributed by atoms with Crippen molar-refractivity contribution in [2.45, 2.75) is 61.8 Å². The first kappa shape index (κ1) is 37.6. The fourth-order valence-electron chi connectivity index (χ4n) is 1.12. The van der Waals surface area contributed by atoms with E-state index in [2.05, 4.69) is 24.3 Å². The van der Waals surface area contributed by atoms with Crippen LogP contribution in [-0.4, -0.2) is 26.0 Å². The summed E-state index contributed by atoms with van der Waals surface area (Å²) in [5.74, 6) is 0. The van der Waals surface area contributed by atoms with E-state index in [1.165, 1.54) is 0 Å². The van der Waals surface area contributed by atoms with Gasteiger partial charge in [0.05, 0.1) is 0 Å². The third-order valence-corrected chi connectivity index (χ3v) is 2.08. The predicted octanol–water partition coefficient (Wildman–Crippen LogP) is 9.16. The third kappa shape index (κ3) is 76.6. The van der Waals surface area contributed by atoms with E-state index in [4.69, 9.17) is 0 Å². The largest absolute Gasteiger partial charge is 0.312 e. The Kier molecular flexibility index (Phi) is 65.0. The quantitative estimate of drug-likeness (QED) is 0.453. The predicted molar refractivity (Wildman–Crippen MR) is 141 cm³/mol. The molecule has 2 rings (SSSR count). The van der Waals surface area contributed by atoms with Crippen molar-refractivity contribution in [2.24, 2.45) is 0 Å². The highest BCUT2D eigenvalue weighted by Crippen LogP contribution is 1.83. The highest BCUT2D eigenvalue weighted by molar-refractivity contribution is 4.99. The Morgan fingerprint density at radius 2 is 0.586 bits per heavy atom. The van der Waals surface area contributed by atoms with Crippen molar-refractivity contribution in [3.05, 3.63) is 97.1 Å². The minimum Gasteiger partial charge on any atom is -0.312 e. The first-order valence-electron chi connectivity index (χ1n) is 11.0. The van der Waals surface area contributed by atoms with E-state index in [9.17, 15) is 0 Å². The molecule has 0 atom stereocenters. The van der Waals surface area contributed by atoms with Gasteiger partial charge in [-0.05, 0) is 41.4 Å². The summed E-state index contributed by atoms with van der Waals surface area (Å²) >= 11 is 0. The molecule has 0 heterocycles. The molecule has 2 aromatic rings. The molecular formula is C28H51N. The van der Waals surface area contributed by atoms with E-state index in [1.54, 1.807) is 0 Å². The SMILES string of the molecule is CC.CC.CC.CC=CCC=CC.CN(C)C.c1ccccc1.c1ccccc1. The van der Waals surface area contributed by atoms with E-state index >= 15 is 0 Å². The standard InChI is InChI=1S/C7H12.2C6H6.C3H9N.3C2H6/c1-3-5-7-6-4-2;2*1-2-4-6-5-3-1;1-4(2)3;3*1-2/h3-6H,7H2,1-2H3;2*1-6H;1-3H3;3*1-2H3. The van der Waals surface area contributed by atoms with Crippen LogP contribution >= 0.6 is 0 Å². The van der Waals surface area contributed by atoms with Gasteiger partial charge >= 0.3 is 0 Å². The average molecular weight is 402 g/mol. The summed E-state index contributed by atoms with van der Waals surface area (Å²) in [6.07, 6.45) is 9.44. The van der Waals surface area contributed by atoms with Gasteiger partial charge in [-0.1, -0.05) is 139 Å². The van der Waals surface area contributed by atoms with Gasteiger partial charge < -0.3 is 4.90 Å². The summed E-state index contributed by atoms with van der Waals surface area (Å²) in [7, 11) is 6.00. The molecule has 0 spiro atoms. The number of hydrogen-bond donors (Lipinski definition) is 0. The molecular weight excluding hydrogens is 350 g/mol. The summed E-state index contributed by atoms with van der Waals surface area (Å²) in [5, 5.41) is 0. The Balaban J connectivity index is -0.0000000820. The molecule has 168 valence electrons. The Labute approximate surface area is 185 Å². The fraction of sp³-hybridized carbons (Fsp3) is 0.429. The Morgan fingerprint density at radius 3 is 0.690 bits per heavy atom. The van der Waals surface area contributed by atoms with Crippen LogP contribution in [0.1, 0.15) is 61.8 Å². The second-order valence-corrected chi connectivity index (χ2v) is 5.02. The fourth-order valence-corrected chi connectivity index (χ4v) is 1.12. The van der Waals surface area contributed by atoms with Gasteiger partial charge in [0, 0.05) is 0 Å². The minimum atomic E-state index is 1.08. The number of rotatable bonds is 2. The van der Waals surface area contributed by atoms with Gasteiger partial charge in [0.15, 0.2) is 0 Å². The van der Waals surface area contributed by atoms with E-state index < -0.39 is 0 Å². The summed E-state index contributed by atoms with van der Waals surface area (Å²) in [6, 6.07) is 24.0. The third-order valence-electron chi connectivity index (χ3n) is 2.08. The van der Waals surface area contributed by atoms with E-state index in [0.717, 1.165) is 6.42 Å². The first-order valence-corrected chi connectivity index (χ1v) is 11.0. The maximum absolute atomic E-state index is 2.12. The summed E-state index contributed by atoms with van der Waals surface area (Å²) in [6.45, 7) is 16.1. The summed E-state index contributed by atoms with van der Waals surface area (Å²) in [4.78, 5) is 2.00. The van der Waals surface area contributed by atoms with Gasteiger partial charge in [-0.2, -0.15) is 0 Å². The zero-order chi connectivity index (χ0) is 23.6. The molecule has 0 unspecified atom stereocenters. The molecule has 0 bridgehead atoms. The molecule has 1 nitrogen and oxygen atoms in total. The van der Waals surface area contributed by atoms with Crippen LogP contribution in [0.2, 0.25) is 0 Å². The van der Waals surface area contributed by atoms with Crippen molar-refractivity contribution in [3.63, 3.8) is 0 Å². The van der Waals surface area contributed by atoms with Crippen LogP contribution < -0.4 is 0 Å². The lowest BCUT2D eigenvalue weighted by Gasteiger charge is -1.90. The van der Waals surface area contributed by atoms with Crippen molar-refractivity contribution in [1.82, 2.24) is 4.90 Å². The number of hydrogen-bond acceptors (Lipinski definition) is 1. The number of allylic oxidation sites excluding steroid dienone is 4. The van der Waals surface area contributed by atoms with Gasteiger partial charge in [0.2, 0.25) is 0 Å². The summed E-state index contributed by atoms with van der Waals surface area (Å²) in [5.41, 5.74) is 0. The second-order valence-electron chi connectivity index (χ2n) is 5.02. The normalized spacial score (nSPS) is 8.00. The molecule has 0 saturated heterocycles. The minimum absolute atomic E-state index is 1.08. The maximum Gasteiger partial charge on any atom is -0.0140 e. The Bertz CT molecular complexity index is 347. The van der Waals surface area contributed by atoms with Crippen LogP contribution in [0.4, 0.5) is 0 Å². The van der Waals surface area contributed by atoms with Crippen LogP contribution in [0.15, 0.2) is 97.1 Å². The molecule has 0 aliphatic rings. The highest BCUT2D eigenvalue weighted by atomic mass is 15.0. The van der Waals surface area contributed by atoms with E-state index in [-0.39, 0.29) is 0 Å². The van der Waals surface area contributed by atoms with Gasteiger partial charge in [-0.25, -0.2) is 0 Å². The second kappa shape index (κ2) is 50.1. The monoisotopic (exact) mass is 401 g/mol. The van der Waals surface area contributed by atoms with Crippen LogP contribution in [0.5, 0.6) is 0 Å². The maximum atomic E-state index is 2.12. The van der Waals surface area contributed by atoms with Crippen molar-refractivity contribution in [1.29, 1.82) is 0 Å². The van der Waals surface area contributed by atoms with Crippen molar-refractivity contribution >= 4 is 0 Å². The number of benzene rings is 2. The number of nitrogens with zero attached hydrogens (tertiary/aromatic N) is 1. The van der Waals surface area contributed by atoms with Crippen LogP contribution in [0, 0.1) is 0 Å². The lowest BCUT2D eigenvalue weighted by atomic mass is 10.3. The topological polar surface area (TPSA) is 3.24 Å². The van der Waals surface area contributed by atoms with Gasteiger partial charge in [-0.15, -0.1) is 0 Å². The smallest absolute Gasteiger partial charge is 0.0140 e. The molecule has 0 saturated carbocycles. The first-order chi connectivity index (χ1) is 14.1. The molecule has 0 fully saturated rings. The van der Waals surface area contributed by atoms with Gasteiger partial charge in [0.25, 0.3) is 0 Å². The van der Waals surface area contributed by atoms with Crippen LogP contribution in [0.25, 0.3) is 0 Å². The zero-order valence-corrected chi connectivity index (χ0v) is 21.4.